The number of hydrogen-bond acceptors (Lipinski definition) is 3. The van der Waals surface area contributed by atoms with Crippen LogP contribution in [-0.2, 0) is 9.63 Å². The van der Waals surface area contributed by atoms with E-state index in [1.54, 1.807) is 0 Å². The van der Waals surface area contributed by atoms with Gasteiger partial charge in [-0.1, -0.05) is 0 Å². The van der Waals surface area contributed by atoms with E-state index >= 15 is 0 Å². The molecule has 0 aromatic carbocycles. The number of carbonyl (C=O) groups excluding carboxylic acids is 1. The highest BCUT2D eigenvalue weighted by Crippen LogP contribution is 1.55. The lowest BCUT2D eigenvalue weighted by Gasteiger charge is -1.79. The number of hydrogen-bond donors (Lipinski definition) is 1. The molecule has 0 bridgehead atoms. The van der Waals surface area contributed by atoms with Crippen LogP contribution in [-0.4, -0.2) is 27.9 Å². The molecular formula is C2H13NO6. The molecule has 0 amide bonds. The van der Waals surface area contributed by atoms with E-state index in [1.807, 2.05) is 0 Å². The first-order valence-electron chi connectivity index (χ1n) is 1.14. The summed E-state index contributed by atoms with van der Waals surface area (Å²) in [5, 5.41) is 0. The average molecular weight is 147 g/mol. The summed E-state index contributed by atoms with van der Waals surface area (Å²) in [6, 6.07) is 0. The maximum Gasteiger partial charge on any atom is 0.321 e. The maximum atomic E-state index is 9.47. The summed E-state index contributed by atoms with van der Waals surface area (Å²) >= 11 is 0. The largest absolute Gasteiger partial charge is 0.412 e. The van der Waals surface area contributed by atoms with E-state index in [1.165, 1.54) is 6.92 Å². The van der Waals surface area contributed by atoms with E-state index in [9.17, 15) is 4.79 Å². The van der Waals surface area contributed by atoms with Gasteiger partial charge in [0.05, 0.1) is 0 Å². The highest BCUT2D eigenvalue weighted by molar-refractivity contribution is 5.65. The molecule has 0 aromatic heterocycles. The Balaban J connectivity index is -0.0000000133. The SMILES string of the molecule is CC(=O)ON.O.O.O.O. The quantitative estimate of drug-likeness (QED) is 0.345. The molecular weight excluding hydrogens is 134 g/mol. The molecule has 7 nitrogen and oxygen atoms in total. The van der Waals surface area contributed by atoms with Crippen molar-refractivity contribution in [2.45, 2.75) is 6.92 Å². The van der Waals surface area contributed by atoms with Crippen molar-refractivity contribution >= 4 is 5.97 Å². The second-order valence-corrected chi connectivity index (χ2v) is 0.609. The zero-order chi connectivity index (χ0) is 4.28. The lowest BCUT2D eigenvalue weighted by atomic mass is 10.8. The van der Waals surface area contributed by atoms with Crippen LogP contribution < -0.4 is 5.90 Å². The Kier molecular flexibility index (Phi) is 121. The van der Waals surface area contributed by atoms with Crippen LogP contribution in [0.3, 0.4) is 0 Å². The van der Waals surface area contributed by atoms with Gasteiger partial charge in [0, 0.05) is 6.92 Å². The molecule has 7 heteroatoms. The van der Waals surface area contributed by atoms with Crippen LogP contribution in [0, 0.1) is 0 Å². The Morgan fingerprint density at radius 2 is 1.33 bits per heavy atom. The van der Waals surface area contributed by atoms with Crippen molar-refractivity contribution in [1.82, 2.24) is 0 Å². The number of rotatable bonds is 0. The van der Waals surface area contributed by atoms with E-state index < -0.39 is 5.97 Å². The Morgan fingerprint density at radius 1 is 1.22 bits per heavy atom. The van der Waals surface area contributed by atoms with Crippen LogP contribution in [0.4, 0.5) is 0 Å². The van der Waals surface area contributed by atoms with Crippen molar-refractivity contribution in [3.8, 4) is 0 Å². The second kappa shape index (κ2) is 26.7. The Hall–Kier alpha value is -0.730. The fraction of sp³-hybridized carbons (Fsp3) is 0.500. The molecule has 0 spiro atoms. The van der Waals surface area contributed by atoms with E-state index in [0.29, 0.717) is 0 Å². The normalized spacial score (nSPS) is 3.78. The lowest BCUT2D eigenvalue weighted by molar-refractivity contribution is -0.141. The lowest BCUT2D eigenvalue weighted by Crippen LogP contribution is -2.03. The standard InChI is InChI=1S/C2H5NO2.4H2O/c1-2(4)5-3;;;;/h3H2,1H3;4*1H2. The molecule has 0 aliphatic heterocycles. The first-order valence-corrected chi connectivity index (χ1v) is 1.14. The Bertz CT molecular complexity index is 46.3. The summed E-state index contributed by atoms with van der Waals surface area (Å²) in [5.74, 6) is 3.85. The zero-order valence-corrected chi connectivity index (χ0v) is 4.89. The minimum Gasteiger partial charge on any atom is -0.412 e. The highest BCUT2D eigenvalue weighted by Gasteiger charge is 1.77. The molecule has 0 atom stereocenters. The van der Waals surface area contributed by atoms with Gasteiger partial charge in [0.15, 0.2) is 0 Å². The monoisotopic (exact) mass is 147 g/mol. The van der Waals surface area contributed by atoms with E-state index in [2.05, 4.69) is 10.7 Å². The topological polar surface area (TPSA) is 178 Å². The molecule has 10 N–H and O–H groups in total. The average Bonchev–Trinajstić information content (AvgIpc) is 1.38. The van der Waals surface area contributed by atoms with Crippen LogP contribution in [0.25, 0.3) is 0 Å². The third kappa shape index (κ3) is 125. The van der Waals surface area contributed by atoms with Gasteiger partial charge in [-0.3, -0.25) is 4.79 Å². The van der Waals surface area contributed by atoms with Crippen LogP contribution >= 0.6 is 0 Å². The number of carbonyl (C=O) groups is 1. The predicted octanol–water partition coefficient (Wildman–Crippen LogP) is -3.88. The van der Waals surface area contributed by atoms with E-state index in [4.69, 9.17) is 0 Å². The van der Waals surface area contributed by atoms with Crippen molar-refractivity contribution in [3.63, 3.8) is 0 Å². The number of nitrogens with two attached hydrogens (primary N) is 1. The molecule has 0 aromatic rings. The van der Waals surface area contributed by atoms with Gasteiger partial charge in [-0.25, -0.2) is 0 Å². The first-order chi connectivity index (χ1) is 2.27. The van der Waals surface area contributed by atoms with Gasteiger partial charge >= 0.3 is 5.97 Å². The van der Waals surface area contributed by atoms with Crippen molar-refractivity contribution in [3.05, 3.63) is 0 Å². The summed E-state index contributed by atoms with van der Waals surface area (Å²) in [6.45, 7) is 1.24. The fourth-order valence-electron chi connectivity index (χ4n) is 0. The minimum absolute atomic E-state index is 0. The fourth-order valence-corrected chi connectivity index (χ4v) is 0. The van der Waals surface area contributed by atoms with Gasteiger partial charge in [0.25, 0.3) is 0 Å². The maximum absolute atomic E-state index is 9.47. The molecule has 0 radical (unpaired) electrons. The molecule has 0 saturated carbocycles. The van der Waals surface area contributed by atoms with E-state index in [0.717, 1.165) is 0 Å². The first kappa shape index (κ1) is 40.9. The molecule has 0 saturated heterocycles. The zero-order valence-electron chi connectivity index (χ0n) is 4.89. The van der Waals surface area contributed by atoms with Crippen molar-refractivity contribution in [2.24, 2.45) is 5.90 Å². The highest BCUT2D eigenvalue weighted by atomic mass is 16.7. The summed E-state index contributed by atoms with van der Waals surface area (Å²) < 4.78 is 0. The Morgan fingerprint density at radius 3 is 1.33 bits per heavy atom. The van der Waals surface area contributed by atoms with Gasteiger partial charge in [0.1, 0.15) is 0 Å². The van der Waals surface area contributed by atoms with Crippen LogP contribution in [0.1, 0.15) is 6.92 Å². The van der Waals surface area contributed by atoms with Crippen LogP contribution in [0.5, 0.6) is 0 Å². The van der Waals surface area contributed by atoms with Crippen molar-refractivity contribution < 1.29 is 31.5 Å². The van der Waals surface area contributed by atoms with Crippen molar-refractivity contribution in [2.75, 3.05) is 0 Å². The van der Waals surface area contributed by atoms with Gasteiger partial charge in [-0.2, -0.15) is 5.90 Å². The molecule has 0 fully saturated rings. The molecule has 62 valence electrons. The summed E-state index contributed by atoms with van der Waals surface area (Å²) in [4.78, 5) is 13.1. The Labute approximate surface area is 51.6 Å². The predicted molar refractivity (Wildman–Crippen MR) is 30.4 cm³/mol. The van der Waals surface area contributed by atoms with Gasteiger partial charge in [-0.05, 0) is 0 Å². The van der Waals surface area contributed by atoms with Crippen LogP contribution in [0.2, 0.25) is 0 Å². The third-order valence-electron chi connectivity index (χ3n) is 0.166. The molecule has 0 heterocycles. The van der Waals surface area contributed by atoms with Crippen LogP contribution in [0.15, 0.2) is 0 Å². The minimum atomic E-state index is -0.468. The summed E-state index contributed by atoms with van der Waals surface area (Å²) in [5.41, 5.74) is 0. The van der Waals surface area contributed by atoms with Crippen molar-refractivity contribution in [1.29, 1.82) is 0 Å². The van der Waals surface area contributed by atoms with Gasteiger partial charge in [-0.15, -0.1) is 0 Å². The summed E-state index contributed by atoms with van der Waals surface area (Å²) in [6.07, 6.45) is 0. The molecule has 0 aliphatic carbocycles. The molecule has 9 heavy (non-hydrogen) atoms. The third-order valence-corrected chi connectivity index (χ3v) is 0.166. The molecule has 0 rings (SSSR count). The second-order valence-electron chi connectivity index (χ2n) is 0.609. The van der Waals surface area contributed by atoms with Gasteiger partial charge < -0.3 is 26.7 Å². The van der Waals surface area contributed by atoms with E-state index in [-0.39, 0.29) is 21.9 Å². The molecule has 0 aliphatic rings. The summed E-state index contributed by atoms with van der Waals surface area (Å²) in [7, 11) is 0. The molecule has 0 unspecified atom stereocenters. The van der Waals surface area contributed by atoms with Gasteiger partial charge in [0.2, 0.25) is 0 Å². The smallest absolute Gasteiger partial charge is 0.321 e.